The van der Waals surface area contributed by atoms with Crippen molar-refractivity contribution in [1.29, 1.82) is 0 Å². The SMILES string of the molecule is S.S.S.[AlH3].[AlH3].[Ba+2].[H-].[H-]. The van der Waals surface area contributed by atoms with E-state index in [4.69, 9.17) is 0 Å². The summed E-state index contributed by atoms with van der Waals surface area (Å²) >= 11 is 0. The van der Waals surface area contributed by atoms with E-state index < -0.39 is 0 Å². The molecule has 0 spiro atoms. The van der Waals surface area contributed by atoms with Crippen LogP contribution in [0.3, 0.4) is 0 Å². The Morgan fingerprint density at radius 2 is 0.667 bits per heavy atom. The molecular formula is H14Al2BaS3. The number of hydrogen-bond donors (Lipinski definition) is 0. The molecule has 0 N–H and O–H groups in total. The van der Waals surface area contributed by atoms with Gasteiger partial charge in [0.15, 0.2) is 34.7 Å². The van der Waals surface area contributed by atoms with Gasteiger partial charge in [0.2, 0.25) is 0 Å². The molecule has 0 radical (unpaired) electrons. The van der Waals surface area contributed by atoms with Crippen molar-refractivity contribution in [3.8, 4) is 0 Å². The number of hydrogen-bond acceptors (Lipinski definition) is 0. The molecule has 6 heavy (non-hydrogen) atoms. The standard InChI is InChI=1S/2Al.Ba.3H2S.8H/h;;;3*1H2;;;;;;;;/q;;+2;;;;;;;;;;2*-1. The zero-order valence-corrected chi connectivity index (χ0v) is 9.65. The molecule has 0 aliphatic rings. The van der Waals surface area contributed by atoms with Crippen LogP contribution in [0.1, 0.15) is 2.85 Å². The van der Waals surface area contributed by atoms with E-state index in [2.05, 4.69) is 0 Å². The maximum Gasteiger partial charge on any atom is 2.00 e. The van der Waals surface area contributed by atoms with E-state index in [9.17, 15) is 0 Å². The Labute approximate surface area is 124 Å². The van der Waals surface area contributed by atoms with Crippen LogP contribution in [0.25, 0.3) is 0 Å². The van der Waals surface area contributed by atoms with E-state index in [0.29, 0.717) is 0 Å². The molecule has 0 bridgehead atoms. The molecular weight excluding hydrogens is 287 g/mol. The summed E-state index contributed by atoms with van der Waals surface area (Å²) in [4.78, 5) is 0. The molecule has 0 aromatic carbocycles. The van der Waals surface area contributed by atoms with Gasteiger partial charge in [-0.3, -0.25) is 0 Å². The fourth-order valence-corrected chi connectivity index (χ4v) is 0. The van der Waals surface area contributed by atoms with E-state index in [1.54, 1.807) is 0 Å². The molecule has 40 valence electrons. The summed E-state index contributed by atoms with van der Waals surface area (Å²) < 4.78 is 0. The molecule has 6 heteroatoms. The average Bonchev–Trinajstić information content (AvgIpc) is 0. The first kappa shape index (κ1) is 53.8. The molecule has 0 unspecified atom stereocenters. The Bertz CT molecular complexity index is 15.2. The minimum atomic E-state index is 0. The molecule has 0 aliphatic heterocycles. The van der Waals surface area contributed by atoms with E-state index in [0.717, 1.165) is 0 Å². The van der Waals surface area contributed by atoms with E-state index >= 15 is 0 Å². The summed E-state index contributed by atoms with van der Waals surface area (Å²) in [6.45, 7) is 0. The summed E-state index contributed by atoms with van der Waals surface area (Å²) in [5.41, 5.74) is 0. The minimum absolute atomic E-state index is 0. The summed E-state index contributed by atoms with van der Waals surface area (Å²) in [6, 6.07) is 0. The molecule has 0 fully saturated rings. The molecule has 0 aromatic rings. The zero-order chi connectivity index (χ0) is 0. The molecule has 0 heterocycles. The molecule has 0 rings (SSSR count). The van der Waals surface area contributed by atoms with Crippen LogP contribution >= 0.6 is 40.5 Å². The van der Waals surface area contributed by atoms with Crippen LogP contribution in [0.5, 0.6) is 0 Å². The van der Waals surface area contributed by atoms with Crippen molar-refractivity contribution in [2.45, 2.75) is 0 Å². The van der Waals surface area contributed by atoms with Gasteiger partial charge < -0.3 is 2.85 Å². The van der Waals surface area contributed by atoms with Gasteiger partial charge in [0.05, 0.1) is 0 Å². The summed E-state index contributed by atoms with van der Waals surface area (Å²) in [7, 11) is 0. The van der Waals surface area contributed by atoms with Crippen LogP contribution in [-0.4, -0.2) is 83.6 Å². The Morgan fingerprint density at radius 1 is 0.667 bits per heavy atom. The fourth-order valence-electron chi connectivity index (χ4n) is 0. The summed E-state index contributed by atoms with van der Waals surface area (Å²) in [6.07, 6.45) is 0. The van der Waals surface area contributed by atoms with Gasteiger partial charge in [-0.15, -0.1) is 0 Å². The largest absolute Gasteiger partial charge is 2.00 e. The second-order valence-corrected chi connectivity index (χ2v) is 0. The normalized spacial score (nSPS) is 0. The van der Waals surface area contributed by atoms with Crippen molar-refractivity contribution in [3.05, 3.63) is 0 Å². The molecule has 0 nitrogen and oxygen atoms in total. The van der Waals surface area contributed by atoms with Crippen molar-refractivity contribution in [1.82, 2.24) is 0 Å². The van der Waals surface area contributed by atoms with Gasteiger partial charge in [0.1, 0.15) is 0 Å². The Kier molecular flexibility index (Phi) is 339. The van der Waals surface area contributed by atoms with E-state index in [1.165, 1.54) is 0 Å². The molecule has 0 aliphatic carbocycles. The Balaban J connectivity index is 0. The van der Waals surface area contributed by atoms with E-state index in [-0.39, 0.29) is 127 Å². The molecule has 0 atom stereocenters. The van der Waals surface area contributed by atoms with Crippen molar-refractivity contribution >= 4 is 124 Å². The van der Waals surface area contributed by atoms with Crippen molar-refractivity contribution in [2.24, 2.45) is 0 Å². The monoisotopic (exact) mass is 302 g/mol. The second kappa shape index (κ2) is 37.8. The first-order chi connectivity index (χ1) is 0. The van der Waals surface area contributed by atoms with Gasteiger partial charge in [-0.05, 0) is 0 Å². The van der Waals surface area contributed by atoms with Crippen molar-refractivity contribution in [2.75, 3.05) is 0 Å². The first-order valence-electron chi connectivity index (χ1n) is 0. The van der Waals surface area contributed by atoms with Gasteiger partial charge >= 0.3 is 48.9 Å². The van der Waals surface area contributed by atoms with Gasteiger partial charge in [-0.25, -0.2) is 0 Å². The van der Waals surface area contributed by atoms with Gasteiger partial charge in [-0.2, -0.15) is 40.5 Å². The quantitative estimate of drug-likeness (QED) is 0.446. The predicted octanol–water partition coefficient (Wildman–Crippen LogP) is -2.19. The minimum Gasteiger partial charge on any atom is -1.00 e. The van der Waals surface area contributed by atoms with Crippen molar-refractivity contribution < 1.29 is 2.85 Å². The maximum atomic E-state index is 0. The van der Waals surface area contributed by atoms with Crippen LogP contribution in [0.4, 0.5) is 0 Å². The third-order valence-electron chi connectivity index (χ3n) is 0. The topological polar surface area (TPSA) is 0 Å². The molecule has 0 saturated heterocycles. The Hall–Kier alpha value is 3.69. The number of rotatable bonds is 0. The summed E-state index contributed by atoms with van der Waals surface area (Å²) in [5, 5.41) is 0. The van der Waals surface area contributed by atoms with Crippen LogP contribution in [0.15, 0.2) is 0 Å². The van der Waals surface area contributed by atoms with Gasteiger partial charge in [0.25, 0.3) is 0 Å². The Morgan fingerprint density at radius 3 is 0.667 bits per heavy atom. The average molecular weight is 302 g/mol. The van der Waals surface area contributed by atoms with Gasteiger partial charge in [-0.1, -0.05) is 0 Å². The van der Waals surface area contributed by atoms with Crippen molar-refractivity contribution in [3.63, 3.8) is 0 Å². The predicted molar refractivity (Wildman–Crippen MR) is 59.0 cm³/mol. The first-order valence-corrected chi connectivity index (χ1v) is 0. The summed E-state index contributed by atoms with van der Waals surface area (Å²) in [5.74, 6) is 0. The van der Waals surface area contributed by atoms with Crippen LogP contribution in [-0.2, 0) is 0 Å². The zero-order valence-electron chi connectivity index (χ0n) is 4.21. The van der Waals surface area contributed by atoms with Crippen LogP contribution in [0, 0.1) is 0 Å². The smallest absolute Gasteiger partial charge is 1.00 e. The fraction of sp³-hybridized carbons (Fsp3) is 0. The van der Waals surface area contributed by atoms with E-state index in [1.807, 2.05) is 0 Å². The molecule has 0 amide bonds. The third-order valence-corrected chi connectivity index (χ3v) is 0. The third kappa shape index (κ3) is 25.3. The van der Waals surface area contributed by atoms with Crippen LogP contribution < -0.4 is 0 Å². The van der Waals surface area contributed by atoms with Crippen LogP contribution in [0.2, 0.25) is 0 Å². The van der Waals surface area contributed by atoms with Gasteiger partial charge in [0, 0.05) is 0 Å². The molecule has 0 aromatic heterocycles. The maximum absolute atomic E-state index is 0. The molecule has 0 saturated carbocycles. The second-order valence-electron chi connectivity index (χ2n) is 0.